The van der Waals surface area contributed by atoms with Crippen LogP contribution in [-0.2, 0) is 10.3 Å². The van der Waals surface area contributed by atoms with E-state index in [0.29, 0.717) is 11.6 Å². The lowest BCUT2D eigenvalue weighted by atomic mass is 9.98. The summed E-state index contributed by atoms with van der Waals surface area (Å²) in [7, 11) is 0. The number of nitrogens with zero attached hydrogens (tertiary/aromatic N) is 1. The molecule has 1 saturated carbocycles. The Hall–Kier alpha value is -0.640. The molecule has 0 bridgehead atoms. The summed E-state index contributed by atoms with van der Waals surface area (Å²) in [6.07, 6.45) is 5.59. The zero-order valence-corrected chi connectivity index (χ0v) is 7.92. The van der Waals surface area contributed by atoms with E-state index in [-0.39, 0.29) is 5.41 Å². The summed E-state index contributed by atoms with van der Waals surface area (Å²) in [4.78, 5) is 8.64. The maximum Gasteiger partial charge on any atom is 0.0776 e. The Balaban J connectivity index is 2.30. The van der Waals surface area contributed by atoms with Gasteiger partial charge in [-0.25, -0.2) is 5.90 Å². The van der Waals surface area contributed by atoms with Crippen molar-refractivity contribution in [1.82, 2.24) is 4.98 Å². The second kappa shape index (κ2) is 3.25. The maximum absolute atomic E-state index is 6.03. The minimum Gasteiger partial charge on any atom is -0.304 e. The molecule has 0 spiro atoms. The van der Waals surface area contributed by atoms with Gasteiger partial charge in [0.15, 0.2) is 0 Å². The van der Waals surface area contributed by atoms with Gasteiger partial charge < -0.3 is 4.84 Å². The van der Waals surface area contributed by atoms with Gasteiger partial charge in [-0.2, -0.15) is 0 Å². The first-order valence-electron chi connectivity index (χ1n) is 4.20. The van der Waals surface area contributed by atoms with E-state index in [1.54, 1.807) is 12.4 Å². The van der Waals surface area contributed by atoms with E-state index >= 15 is 0 Å². The van der Waals surface area contributed by atoms with Crippen LogP contribution in [0, 0.1) is 0 Å². The first kappa shape index (κ1) is 8.94. The zero-order chi connectivity index (χ0) is 9.31. The molecule has 0 amide bonds. The molecule has 0 atom stereocenters. The topological polar surface area (TPSA) is 48.1 Å². The molecule has 13 heavy (non-hydrogen) atoms. The fourth-order valence-electron chi connectivity index (χ4n) is 1.61. The Morgan fingerprint density at radius 1 is 1.62 bits per heavy atom. The highest BCUT2D eigenvalue weighted by molar-refractivity contribution is 6.31. The molecule has 4 heteroatoms. The number of halogens is 1. The Labute approximate surface area is 81.8 Å². The summed E-state index contributed by atoms with van der Waals surface area (Å²) in [6, 6.07) is 1.94. The van der Waals surface area contributed by atoms with Gasteiger partial charge in [-0.3, -0.25) is 4.98 Å². The number of pyridine rings is 1. The van der Waals surface area contributed by atoms with Crippen molar-refractivity contribution in [2.24, 2.45) is 5.90 Å². The molecule has 0 unspecified atom stereocenters. The number of hydrogen-bond acceptors (Lipinski definition) is 3. The van der Waals surface area contributed by atoms with Gasteiger partial charge in [-0.15, -0.1) is 0 Å². The van der Waals surface area contributed by atoms with Crippen molar-refractivity contribution in [1.29, 1.82) is 0 Å². The third kappa shape index (κ3) is 1.55. The zero-order valence-electron chi connectivity index (χ0n) is 7.16. The van der Waals surface area contributed by atoms with Crippen LogP contribution in [-0.4, -0.2) is 11.6 Å². The van der Waals surface area contributed by atoms with Crippen molar-refractivity contribution in [2.75, 3.05) is 6.61 Å². The Bertz CT molecular complexity index is 312. The van der Waals surface area contributed by atoms with Crippen LogP contribution in [0.15, 0.2) is 18.5 Å². The minimum atomic E-state index is 0.0643. The first-order valence-corrected chi connectivity index (χ1v) is 4.58. The van der Waals surface area contributed by atoms with Crippen LogP contribution < -0.4 is 5.90 Å². The molecule has 70 valence electrons. The highest BCUT2D eigenvalue weighted by Crippen LogP contribution is 2.50. The van der Waals surface area contributed by atoms with Crippen molar-refractivity contribution in [3.8, 4) is 0 Å². The van der Waals surface area contributed by atoms with Crippen molar-refractivity contribution in [3.63, 3.8) is 0 Å². The summed E-state index contributed by atoms with van der Waals surface area (Å²) < 4.78 is 0. The summed E-state index contributed by atoms with van der Waals surface area (Å²) in [5.74, 6) is 5.08. The molecule has 0 aliphatic heterocycles. The second-order valence-corrected chi connectivity index (χ2v) is 3.85. The number of rotatable bonds is 3. The van der Waals surface area contributed by atoms with E-state index in [1.807, 2.05) is 6.07 Å². The molecule has 0 radical (unpaired) electrons. The average Bonchev–Trinajstić information content (AvgIpc) is 2.87. The molecule has 1 aliphatic carbocycles. The van der Waals surface area contributed by atoms with Crippen LogP contribution >= 0.6 is 11.6 Å². The largest absolute Gasteiger partial charge is 0.304 e. The van der Waals surface area contributed by atoms with Crippen LogP contribution in [0.1, 0.15) is 18.4 Å². The third-order valence-corrected chi connectivity index (χ3v) is 2.86. The molecule has 1 aromatic rings. The SMILES string of the molecule is NOCC1(c2ccncc2Cl)CC1. The van der Waals surface area contributed by atoms with Crippen LogP contribution in [0.25, 0.3) is 0 Å². The van der Waals surface area contributed by atoms with Gasteiger partial charge in [0.2, 0.25) is 0 Å². The Morgan fingerprint density at radius 3 is 2.92 bits per heavy atom. The number of nitrogens with two attached hydrogens (primary N) is 1. The molecule has 2 N–H and O–H groups in total. The lowest BCUT2D eigenvalue weighted by Gasteiger charge is -2.14. The van der Waals surface area contributed by atoms with E-state index < -0.39 is 0 Å². The highest BCUT2D eigenvalue weighted by Gasteiger charge is 2.45. The molecular formula is C9H11ClN2O. The molecule has 0 saturated heterocycles. The van der Waals surface area contributed by atoms with Crippen molar-refractivity contribution < 1.29 is 4.84 Å². The van der Waals surface area contributed by atoms with Gasteiger partial charge in [-0.05, 0) is 24.5 Å². The van der Waals surface area contributed by atoms with E-state index in [2.05, 4.69) is 4.98 Å². The van der Waals surface area contributed by atoms with Crippen LogP contribution in [0.5, 0.6) is 0 Å². The fourth-order valence-corrected chi connectivity index (χ4v) is 1.93. The normalized spacial score (nSPS) is 18.6. The summed E-state index contributed by atoms with van der Waals surface area (Å²) >= 11 is 6.03. The summed E-state index contributed by atoms with van der Waals surface area (Å²) in [6.45, 7) is 0.538. The monoisotopic (exact) mass is 198 g/mol. The van der Waals surface area contributed by atoms with Crippen molar-refractivity contribution >= 4 is 11.6 Å². The van der Waals surface area contributed by atoms with Gasteiger partial charge in [0.1, 0.15) is 0 Å². The number of aromatic nitrogens is 1. The lowest BCUT2D eigenvalue weighted by Crippen LogP contribution is -2.18. The third-order valence-electron chi connectivity index (χ3n) is 2.56. The van der Waals surface area contributed by atoms with E-state index in [0.717, 1.165) is 18.4 Å². The van der Waals surface area contributed by atoms with Gasteiger partial charge >= 0.3 is 0 Å². The summed E-state index contributed by atoms with van der Waals surface area (Å²) in [5, 5.41) is 0.706. The standard InChI is InChI=1S/C9H11ClN2O/c10-8-5-12-4-1-7(8)9(2-3-9)6-13-11/h1,4-5H,2-3,6,11H2. The van der Waals surface area contributed by atoms with E-state index in [1.165, 1.54) is 0 Å². The second-order valence-electron chi connectivity index (χ2n) is 3.45. The smallest absolute Gasteiger partial charge is 0.0776 e. The molecule has 2 rings (SSSR count). The van der Waals surface area contributed by atoms with Gasteiger partial charge in [0.25, 0.3) is 0 Å². The molecular weight excluding hydrogens is 188 g/mol. The number of hydrogen-bond donors (Lipinski definition) is 1. The lowest BCUT2D eigenvalue weighted by molar-refractivity contribution is 0.116. The fraction of sp³-hybridized carbons (Fsp3) is 0.444. The first-order chi connectivity index (χ1) is 6.28. The quantitative estimate of drug-likeness (QED) is 0.752. The molecule has 1 aromatic heterocycles. The molecule has 0 aromatic carbocycles. The molecule has 1 aliphatic rings. The molecule has 3 nitrogen and oxygen atoms in total. The Morgan fingerprint density at radius 2 is 2.38 bits per heavy atom. The van der Waals surface area contributed by atoms with Crippen LogP contribution in [0.4, 0.5) is 0 Å². The maximum atomic E-state index is 6.03. The van der Waals surface area contributed by atoms with E-state index in [4.69, 9.17) is 22.3 Å². The molecule has 1 fully saturated rings. The van der Waals surface area contributed by atoms with Gasteiger partial charge in [0, 0.05) is 17.8 Å². The average molecular weight is 199 g/mol. The van der Waals surface area contributed by atoms with Crippen molar-refractivity contribution in [2.45, 2.75) is 18.3 Å². The van der Waals surface area contributed by atoms with Crippen LogP contribution in [0.2, 0.25) is 5.02 Å². The van der Waals surface area contributed by atoms with Gasteiger partial charge in [-0.1, -0.05) is 11.6 Å². The highest BCUT2D eigenvalue weighted by atomic mass is 35.5. The van der Waals surface area contributed by atoms with E-state index in [9.17, 15) is 0 Å². The summed E-state index contributed by atoms with van der Waals surface area (Å²) in [5.41, 5.74) is 1.17. The Kier molecular flexibility index (Phi) is 2.24. The van der Waals surface area contributed by atoms with Crippen molar-refractivity contribution in [3.05, 3.63) is 29.0 Å². The predicted octanol–water partition coefficient (Wildman–Crippen LogP) is 1.66. The minimum absolute atomic E-state index is 0.0643. The predicted molar refractivity (Wildman–Crippen MR) is 50.3 cm³/mol. The van der Waals surface area contributed by atoms with Crippen LogP contribution in [0.3, 0.4) is 0 Å². The molecule has 1 heterocycles. The van der Waals surface area contributed by atoms with Gasteiger partial charge in [0.05, 0.1) is 11.6 Å².